The maximum Gasteiger partial charge on any atom is 1.00 e. The third-order valence-electron chi connectivity index (χ3n) is 4.45. The van der Waals surface area contributed by atoms with Crippen LogP contribution in [0.1, 0.15) is 19.6 Å². The molecule has 0 unspecified atom stereocenters. The first-order valence-electron chi connectivity index (χ1n) is 8.05. The van der Waals surface area contributed by atoms with Crippen LogP contribution in [-0.4, -0.2) is 46.3 Å². The third-order valence-corrected chi connectivity index (χ3v) is 5.25. The molecule has 1 aliphatic rings. The second kappa shape index (κ2) is 8.85. The summed E-state index contributed by atoms with van der Waals surface area (Å²) in [5.41, 5.74) is 2.63. The molecular weight excluding hydrogens is 390 g/mol. The van der Waals surface area contributed by atoms with Gasteiger partial charge in [-0.15, -0.1) is 0 Å². The number of carbonyl (C=O) groups is 2. The standard InChI is InChI=1S/C17H18Cl2N2O4.Na.H/c1-2-25-14(22)9-21-13-6-8-20(17(23)24)7-5-10(13)11-3-4-12(18)15(19)16(11)21;;/h3-4H,2,5-9H2,1H3,(H,23,24);;/q;+1;-1. The summed E-state index contributed by atoms with van der Waals surface area (Å²) >= 11 is 12.6. The molecule has 0 saturated heterocycles. The fourth-order valence-corrected chi connectivity index (χ4v) is 3.79. The van der Waals surface area contributed by atoms with E-state index < -0.39 is 6.09 Å². The second-order valence-electron chi connectivity index (χ2n) is 5.84. The van der Waals surface area contributed by atoms with E-state index in [4.69, 9.17) is 27.9 Å². The zero-order chi connectivity index (χ0) is 18.1. The van der Waals surface area contributed by atoms with Crippen LogP contribution in [0.5, 0.6) is 0 Å². The summed E-state index contributed by atoms with van der Waals surface area (Å²) in [5.74, 6) is -0.363. The Hall–Kier alpha value is -0.920. The average Bonchev–Trinajstić information content (AvgIpc) is 2.71. The van der Waals surface area contributed by atoms with Gasteiger partial charge in [-0.3, -0.25) is 4.79 Å². The van der Waals surface area contributed by atoms with Crippen molar-refractivity contribution < 1.29 is 50.4 Å². The summed E-state index contributed by atoms with van der Waals surface area (Å²) in [6.45, 7) is 2.84. The molecule has 9 heteroatoms. The van der Waals surface area contributed by atoms with Crippen LogP contribution in [0.2, 0.25) is 10.0 Å². The largest absolute Gasteiger partial charge is 1.00 e. The van der Waals surface area contributed by atoms with Crippen LogP contribution in [-0.2, 0) is 28.9 Å². The Labute approximate surface area is 184 Å². The number of nitrogens with zero attached hydrogens (tertiary/aromatic N) is 2. The average molecular weight is 409 g/mol. The number of amides is 1. The van der Waals surface area contributed by atoms with Gasteiger partial charge < -0.3 is 20.7 Å². The van der Waals surface area contributed by atoms with Crippen LogP contribution in [0, 0.1) is 0 Å². The van der Waals surface area contributed by atoms with Crippen molar-refractivity contribution >= 4 is 46.2 Å². The molecule has 3 rings (SSSR count). The number of benzene rings is 1. The molecular formula is C17H19Cl2N2NaO4. The van der Waals surface area contributed by atoms with E-state index >= 15 is 0 Å². The summed E-state index contributed by atoms with van der Waals surface area (Å²) in [6, 6.07) is 3.60. The van der Waals surface area contributed by atoms with Crippen LogP contribution in [0.15, 0.2) is 12.1 Å². The molecule has 6 nitrogen and oxygen atoms in total. The summed E-state index contributed by atoms with van der Waals surface area (Å²) in [5, 5.41) is 11.0. The molecule has 1 aromatic carbocycles. The van der Waals surface area contributed by atoms with Crippen LogP contribution in [0.4, 0.5) is 4.79 Å². The van der Waals surface area contributed by atoms with E-state index in [1.807, 2.05) is 10.6 Å². The molecule has 0 radical (unpaired) electrons. The minimum Gasteiger partial charge on any atom is -1.00 e. The zero-order valence-electron chi connectivity index (χ0n) is 15.7. The van der Waals surface area contributed by atoms with Crippen molar-refractivity contribution in [3.05, 3.63) is 33.4 Å². The summed E-state index contributed by atoms with van der Waals surface area (Å²) in [7, 11) is 0. The fourth-order valence-electron chi connectivity index (χ4n) is 3.37. The molecule has 1 aliphatic heterocycles. The van der Waals surface area contributed by atoms with Gasteiger partial charge in [-0.25, -0.2) is 4.79 Å². The summed E-state index contributed by atoms with van der Waals surface area (Å²) in [4.78, 5) is 24.8. The SMILES string of the molecule is CCOC(=O)Cn1c2c(c3ccc(Cl)c(Cl)c31)CCN(C(=O)O)CC2.[H-].[Na+]. The van der Waals surface area contributed by atoms with Crippen molar-refractivity contribution in [2.45, 2.75) is 26.3 Å². The van der Waals surface area contributed by atoms with Crippen molar-refractivity contribution in [3.8, 4) is 0 Å². The zero-order valence-corrected chi connectivity index (χ0v) is 18.2. The van der Waals surface area contributed by atoms with Crippen molar-refractivity contribution in [2.75, 3.05) is 19.7 Å². The topological polar surface area (TPSA) is 71.8 Å². The van der Waals surface area contributed by atoms with Crippen LogP contribution >= 0.6 is 23.2 Å². The number of aromatic nitrogens is 1. The summed E-state index contributed by atoms with van der Waals surface area (Å²) < 4.78 is 6.90. The molecule has 136 valence electrons. The van der Waals surface area contributed by atoms with Crippen molar-refractivity contribution in [1.29, 1.82) is 0 Å². The number of esters is 1. The van der Waals surface area contributed by atoms with Gasteiger partial charge in [0, 0.05) is 30.6 Å². The van der Waals surface area contributed by atoms with Gasteiger partial charge >= 0.3 is 41.6 Å². The number of halogens is 2. The third kappa shape index (κ3) is 3.99. The molecule has 0 aliphatic carbocycles. The summed E-state index contributed by atoms with van der Waals surface area (Å²) in [6.07, 6.45) is 0.128. The van der Waals surface area contributed by atoms with Gasteiger partial charge in [-0.05, 0) is 25.0 Å². The van der Waals surface area contributed by atoms with Gasteiger partial charge in [-0.2, -0.15) is 0 Å². The van der Waals surface area contributed by atoms with Gasteiger partial charge in [-0.1, -0.05) is 29.3 Å². The van der Waals surface area contributed by atoms with Gasteiger partial charge in [0.2, 0.25) is 0 Å². The minimum atomic E-state index is -0.938. The molecule has 0 atom stereocenters. The molecule has 2 heterocycles. The van der Waals surface area contributed by atoms with Crippen molar-refractivity contribution in [3.63, 3.8) is 0 Å². The fraction of sp³-hybridized carbons (Fsp3) is 0.412. The monoisotopic (exact) mass is 408 g/mol. The number of rotatable bonds is 3. The van der Waals surface area contributed by atoms with Gasteiger partial charge in [0.15, 0.2) is 0 Å². The Morgan fingerprint density at radius 2 is 1.96 bits per heavy atom. The second-order valence-corrected chi connectivity index (χ2v) is 6.63. The number of carboxylic acid groups (broad SMARTS) is 1. The predicted molar refractivity (Wildman–Crippen MR) is 96.7 cm³/mol. The van der Waals surface area contributed by atoms with Crippen molar-refractivity contribution in [1.82, 2.24) is 9.47 Å². The van der Waals surface area contributed by atoms with Gasteiger partial charge in [0.05, 0.1) is 22.2 Å². The molecule has 0 spiro atoms. The first-order chi connectivity index (χ1) is 11.9. The molecule has 0 saturated carbocycles. The molecule has 2 aromatic rings. The first kappa shape index (κ1) is 21.4. The smallest absolute Gasteiger partial charge is 1.00 e. The number of carbonyl (C=O) groups excluding carboxylic acids is 1. The predicted octanol–water partition coefficient (Wildman–Crippen LogP) is 0.706. The Balaban J connectivity index is 0.00000182. The van der Waals surface area contributed by atoms with Crippen LogP contribution < -0.4 is 29.6 Å². The first-order valence-corrected chi connectivity index (χ1v) is 8.81. The molecule has 0 bridgehead atoms. The Morgan fingerprint density at radius 1 is 1.27 bits per heavy atom. The van der Waals surface area contributed by atoms with E-state index in [2.05, 4.69) is 0 Å². The quantitative estimate of drug-likeness (QED) is 0.599. The number of hydrogen-bond donors (Lipinski definition) is 1. The maximum atomic E-state index is 12.1. The number of ether oxygens (including phenoxy) is 1. The number of hydrogen-bond acceptors (Lipinski definition) is 3. The van der Waals surface area contributed by atoms with Gasteiger partial charge in [0.25, 0.3) is 0 Å². The van der Waals surface area contributed by atoms with Gasteiger partial charge in [0.1, 0.15) is 6.54 Å². The number of fused-ring (bicyclic) bond motifs is 3. The minimum absolute atomic E-state index is 0. The Bertz CT molecular complexity index is 859. The Kier molecular flexibility index (Phi) is 7.27. The van der Waals surface area contributed by atoms with E-state index in [0.29, 0.717) is 48.1 Å². The van der Waals surface area contributed by atoms with Crippen LogP contribution in [0.3, 0.4) is 0 Å². The maximum absolute atomic E-state index is 12.1. The normalized spacial score (nSPS) is 13.7. The van der Waals surface area contributed by atoms with Crippen molar-refractivity contribution in [2.24, 2.45) is 0 Å². The molecule has 26 heavy (non-hydrogen) atoms. The van der Waals surface area contributed by atoms with E-state index in [-0.39, 0.29) is 43.5 Å². The van der Waals surface area contributed by atoms with E-state index in [1.54, 1.807) is 13.0 Å². The molecule has 1 N–H and O–H groups in total. The molecule has 0 fully saturated rings. The Morgan fingerprint density at radius 3 is 2.62 bits per heavy atom. The molecule has 1 aromatic heterocycles. The van der Waals surface area contributed by atoms with Crippen LogP contribution in [0.25, 0.3) is 10.9 Å². The van der Waals surface area contributed by atoms with E-state index in [0.717, 1.165) is 16.6 Å². The molecule has 1 amide bonds. The van der Waals surface area contributed by atoms with E-state index in [9.17, 15) is 14.7 Å². The van der Waals surface area contributed by atoms with E-state index in [1.165, 1.54) is 4.90 Å².